The summed E-state index contributed by atoms with van der Waals surface area (Å²) in [7, 11) is 1.51. The third-order valence-electron chi connectivity index (χ3n) is 5.28. The second-order valence-electron chi connectivity index (χ2n) is 7.37. The Morgan fingerprint density at radius 3 is 2.71 bits per heavy atom. The van der Waals surface area contributed by atoms with E-state index < -0.39 is 11.7 Å². The van der Waals surface area contributed by atoms with E-state index >= 15 is 0 Å². The number of halogens is 4. The summed E-state index contributed by atoms with van der Waals surface area (Å²) in [5, 5.41) is 4.51. The molecule has 4 rings (SSSR count). The first-order chi connectivity index (χ1) is 14.8. The Balaban J connectivity index is 1.69. The number of benzene rings is 2. The van der Waals surface area contributed by atoms with Gasteiger partial charge in [-0.25, -0.2) is 13.5 Å². The SMILES string of the molecule is COCc1cc(Cl)c(F)c(N2CCc3c(nn(Cc4cccc(C)c4F)c3Cl)C2=O)c1. The lowest BCUT2D eigenvalue weighted by Crippen LogP contribution is -2.38. The largest absolute Gasteiger partial charge is 0.380 e. The molecule has 2 aromatic carbocycles. The normalized spacial score (nSPS) is 13.6. The summed E-state index contributed by atoms with van der Waals surface area (Å²) in [4.78, 5) is 14.5. The number of hydrogen-bond donors (Lipinski definition) is 0. The molecule has 0 unspecified atom stereocenters. The molecule has 1 amide bonds. The van der Waals surface area contributed by atoms with Gasteiger partial charge in [0.25, 0.3) is 5.91 Å². The van der Waals surface area contributed by atoms with Gasteiger partial charge in [0.1, 0.15) is 11.0 Å². The fourth-order valence-corrected chi connectivity index (χ4v) is 4.25. The van der Waals surface area contributed by atoms with Crippen molar-refractivity contribution in [1.82, 2.24) is 9.78 Å². The summed E-state index contributed by atoms with van der Waals surface area (Å²) < 4.78 is 35.7. The fourth-order valence-electron chi connectivity index (χ4n) is 3.73. The highest BCUT2D eigenvalue weighted by Crippen LogP contribution is 2.34. The molecular formula is C22H19Cl2F2N3O2. The monoisotopic (exact) mass is 465 g/mol. The first-order valence-corrected chi connectivity index (χ1v) is 10.3. The summed E-state index contributed by atoms with van der Waals surface area (Å²) in [6.45, 7) is 2.19. The van der Waals surface area contributed by atoms with E-state index in [4.69, 9.17) is 27.9 Å². The summed E-state index contributed by atoms with van der Waals surface area (Å²) in [6.07, 6.45) is 0.377. The second kappa shape index (κ2) is 8.57. The zero-order valence-electron chi connectivity index (χ0n) is 16.9. The number of aromatic nitrogens is 2. The van der Waals surface area contributed by atoms with E-state index in [2.05, 4.69) is 5.10 Å². The first-order valence-electron chi connectivity index (χ1n) is 9.59. The molecule has 9 heteroatoms. The van der Waals surface area contributed by atoms with Gasteiger partial charge in [-0.3, -0.25) is 4.79 Å². The molecule has 1 aliphatic rings. The molecule has 1 aromatic heterocycles. The van der Waals surface area contributed by atoms with Crippen molar-refractivity contribution >= 4 is 34.8 Å². The first kappa shape index (κ1) is 21.7. The Morgan fingerprint density at radius 1 is 1.19 bits per heavy atom. The average Bonchev–Trinajstić information content (AvgIpc) is 3.05. The van der Waals surface area contributed by atoms with Gasteiger partial charge >= 0.3 is 0 Å². The fraction of sp³-hybridized carbons (Fsp3) is 0.273. The van der Waals surface area contributed by atoms with Crippen molar-refractivity contribution in [3.8, 4) is 0 Å². The minimum Gasteiger partial charge on any atom is -0.380 e. The number of rotatable bonds is 5. The van der Waals surface area contributed by atoms with Crippen molar-refractivity contribution < 1.29 is 18.3 Å². The summed E-state index contributed by atoms with van der Waals surface area (Å²) in [5.41, 5.74) is 2.31. The third kappa shape index (κ3) is 3.93. The predicted octanol–water partition coefficient (Wildman–Crippen LogP) is 5.17. The molecule has 0 saturated heterocycles. The van der Waals surface area contributed by atoms with Crippen molar-refractivity contribution in [2.75, 3.05) is 18.6 Å². The van der Waals surface area contributed by atoms with Crippen LogP contribution in [-0.2, 0) is 24.3 Å². The van der Waals surface area contributed by atoms with Crippen LogP contribution in [0, 0.1) is 18.6 Å². The van der Waals surface area contributed by atoms with Gasteiger partial charge in [-0.05, 0) is 36.6 Å². The molecule has 0 fully saturated rings. The van der Waals surface area contributed by atoms with Crippen LogP contribution < -0.4 is 4.90 Å². The Kier molecular flexibility index (Phi) is 6.01. The number of aryl methyl sites for hydroxylation is 1. The van der Waals surface area contributed by atoms with Crippen molar-refractivity contribution in [1.29, 1.82) is 0 Å². The Bertz CT molecular complexity index is 1180. The lowest BCUT2D eigenvalue weighted by molar-refractivity contribution is 0.0974. The maximum absolute atomic E-state index is 14.8. The predicted molar refractivity (Wildman–Crippen MR) is 115 cm³/mol. The van der Waals surface area contributed by atoms with E-state index in [9.17, 15) is 13.6 Å². The smallest absolute Gasteiger partial charge is 0.279 e. The quantitative estimate of drug-likeness (QED) is 0.521. The standard InChI is InChI=1S/C22H19Cl2F2N3O2/c1-12-4-3-5-14(18(12)25)10-29-21(24)15-6-7-28(22(30)20(15)27-29)17-9-13(11-31-2)8-16(23)19(17)26/h3-5,8-9H,6-7,10-11H2,1-2H3. The molecule has 5 nitrogen and oxygen atoms in total. The highest BCUT2D eigenvalue weighted by Gasteiger charge is 2.33. The Morgan fingerprint density at radius 2 is 1.97 bits per heavy atom. The zero-order chi connectivity index (χ0) is 22.3. The molecule has 2 heterocycles. The molecule has 0 saturated carbocycles. The number of amides is 1. The third-order valence-corrected chi connectivity index (χ3v) is 5.98. The molecule has 0 bridgehead atoms. The maximum atomic E-state index is 14.8. The van der Waals surface area contributed by atoms with Crippen LogP contribution in [0.5, 0.6) is 0 Å². The van der Waals surface area contributed by atoms with Gasteiger partial charge in [-0.15, -0.1) is 0 Å². The number of carbonyl (C=O) groups is 1. The van der Waals surface area contributed by atoms with Crippen LogP contribution in [0.4, 0.5) is 14.5 Å². The number of fused-ring (bicyclic) bond motifs is 1. The number of methoxy groups -OCH3 is 1. The molecule has 3 aromatic rings. The number of ether oxygens (including phenoxy) is 1. The minimum atomic E-state index is -0.689. The van der Waals surface area contributed by atoms with Crippen LogP contribution >= 0.6 is 23.2 Å². The Hall–Kier alpha value is -2.48. The van der Waals surface area contributed by atoms with Gasteiger partial charge < -0.3 is 9.64 Å². The average molecular weight is 466 g/mol. The molecule has 0 N–H and O–H groups in total. The van der Waals surface area contributed by atoms with E-state index in [1.165, 1.54) is 28.8 Å². The van der Waals surface area contributed by atoms with Gasteiger partial charge in [0.05, 0.1) is 23.9 Å². The summed E-state index contributed by atoms with van der Waals surface area (Å²) in [6, 6.07) is 8.07. The zero-order valence-corrected chi connectivity index (χ0v) is 18.4. The Labute approximate surface area is 188 Å². The topological polar surface area (TPSA) is 47.4 Å². The van der Waals surface area contributed by atoms with Crippen LogP contribution in [-0.4, -0.2) is 29.3 Å². The second-order valence-corrected chi connectivity index (χ2v) is 8.14. The van der Waals surface area contributed by atoms with Gasteiger partial charge in [0.15, 0.2) is 11.5 Å². The maximum Gasteiger partial charge on any atom is 0.279 e. The summed E-state index contributed by atoms with van der Waals surface area (Å²) >= 11 is 12.5. The van der Waals surface area contributed by atoms with Crippen LogP contribution in [0.25, 0.3) is 0 Å². The molecule has 31 heavy (non-hydrogen) atoms. The van der Waals surface area contributed by atoms with Crippen LogP contribution in [0.15, 0.2) is 30.3 Å². The van der Waals surface area contributed by atoms with Crippen LogP contribution in [0.3, 0.4) is 0 Å². The highest BCUT2D eigenvalue weighted by atomic mass is 35.5. The van der Waals surface area contributed by atoms with Crippen molar-refractivity contribution in [2.45, 2.75) is 26.5 Å². The van der Waals surface area contributed by atoms with E-state index in [0.29, 0.717) is 28.7 Å². The lowest BCUT2D eigenvalue weighted by atomic mass is 10.1. The number of anilines is 1. The van der Waals surface area contributed by atoms with E-state index in [0.717, 1.165) is 0 Å². The van der Waals surface area contributed by atoms with E-state index in [-0.39, 0.29) is 47.1 Å². The van der Waals surface area contributed by atoms with Crippen molar-refractivity contribution in [2.24, 2.45) is 0 Å². The number of nitrogens with zero attached hydrogens (tertiary/aromatic N) is 3. The van der Waals surface area contributed by atoms with Crippen molar-refractivity contribution in [3.63, 3.8) is 0 Å². The molecule has 0 atom stereocenters. The minimum absolute atomic E-state index is 0.0607. The van der Waals surface area contributed by atoms with Crippen molar-refractivity contribution in [3.05, 3.63) is 80.1 Å². The molecule has 1 aliphatic heterocycles. The van der Waals surface area contributed by atoms with Gasteiger partial charge in [0, 0.05) is 24.8 Å². The number of carbonyl (C=O) groups excluding carboxylic acids is 1. The van der Waals surface area contributed by atoms with Gasteiger partial charge in [0.2, 0.25) is 0 Å². The van der Waals surface area contributed by atoms with Gasteiger partial charge in [-0.2, -0.15) is 5.10 Å². The number of hydrogen-bond acceptors (Lipinski definition) is 3. The molecule has 0 aliphatic carbocycles. The van der Waals surface area contributed by atoms with E-state index in [1.807, 2.05) is 0 Å². The van der Waals surface area contributed by atoms with Crippen LogP contribution in [0.2, 0.25) is 10.2 Å². The van der Waals surface area contributed by atoms with Gasteiger partial charge in [-0.1, -0.05) is 41.4 Å². The molecule has 0 radical (unpaired) electrons. The van der Waals surface area contributed by atoms with Crippen LogP contribution in [0.1, 0.15) is 32.7 Å². The molecule has 162 valence electrons. The highest BCUT2D eigenvalue weighted by molar-refractivity contribution is 6.32. The van der Waals surface area contributed by atoms with E-state index in [1.54, 1.807) is 25.1 Å². The summed E-state index contributed by atoms with van der Waals surface area (Å²) in [5.74, 6) is -1.52. The lowest BCUT2D eigenvalue weighted by Gasteiger charge is -2.27. The molecular weight excluding hydrogens is 447 g/mol. The molecule has 0 spiro atoms.